The number of nitrogens with two attached hydrogens (primary N) is 1. The molecule has 0 radical (unpaired) electrons. The smallest absolute Gasteiger partial charge is 0.407 e. The molecule has 4 atom stereocenters. The molecule has 14 heteroatoms. The van der Waals surface area contributed by atoms with E-state index in [1.54, 1.807) is 18.3 Å². The molecule has 1 aromatic carbocycles. The van der Waals surface area contributed by atoms with Crippen molar-refractivity contribution in [2.24, 2.45) is 5.92 Å². The Balaban J connectivity index is 1.09. The van der Waals surface area contributed by atoms with Gasteiger partial charge in [-0.25, -0.2) is 19.2 Å². The Labute approximate surface area is 262 Å². The Kier molecular flexibility index (Phi) is 8.74. The van der Waals surface area contributed by atoms with Crippen molar-refractivity contribution in [3.63, 3.8) is 0 Å². The SMILES string of the molecule is CC1(C)O[C@@H]2[C@@H](CN(CCCOC(=O)NCCc3ccc(F)cc3)c3cn[nH]c3Br)C[C@@H](n3ccc4c(N)ncnc43)[C@@H]2O1. The molecule has 0 unspecified atom stereocenters. The van der Waals surface area contributed by atoms with Crippen molar-refractivity contribution in [3.05, 3.63) is 65.0 Å². The molecule has 1 aliphatic carbocycles. The van der Waals surface area contributed by atoms with Crippen LogP contribution in [0.4, 0.5) is 20.7 Å². The number of nitrogens with one attached hydrogen (secondary N) is 2. The van der Waals surface area contributed by atoms with Gasteiger partial charge in [0.1, 0.15) is 34.3 Å². The van der Waals surface area contributed by atoms with Crippen molar-refractivity contribution in [1.82, 2.24) is 30.0 Å². The molecule has 4 heterocycles. The number of aromatic nitrogens is 5. The molecular formula is C30H36BrFN8O4. The highest BCUT2D eigenvalue weighted by Gasteiger charge is 2.55. The Hall–Kier alpha value is -3.75. The topological polar surface area (TPSA) is 145 Å². The van der Waals surface area contributed by atoms with E-state index in [0.29, 0.717) is 38.3 Å². The number of halogens is 2. The summed E-state index contributed by atoms with van der Waals surface area (Å²) in [6.07, 6.45) is 6.48. The van der Waals surface area contributed by atoms with Crippen molar-refractivity contribution < 1.29 is 23.4 Å². The van der Waals surface area contributed by atoms with Crippen LogP contribution >= 0.6 is 15.9 Å². The fraction of sp³-hybridized carbons (Fsp3) is 0.467. The predicted molar refractivity (Wildman–Crippen MR) is 165 cm³/mol. The van der Waals surface area contributed by atoms with Gasteiger partial charge in [-0.15, -0.1) is 0 Å². The number of fused-ring (bicyclic) bond motifs is 2. The highest BCUT2D eigenvalue weighted by Crippen LogP contribution is 2.48. The van der Waals surface area contributed by atoms with Crippen molar-refractivity contribution in [2.75, 3.05) is 36.9 Å². The molecule has 0 bridgehead atoms. The van der Waals surface area contributed by atoms with Crippen LogP contribution in [-0.4, -0.2) is 75.1 Å². The summed E-state index contributed by atoms with van der Waals surface area (Å²) in [4.78, 5) is 23.2. The predicted octanol–water partition coefficient (Wildman–Crippen LogP) is 4.58. The van der Waals surface area contributed by atoms with Gasteiger partial charge >= 0.3 is 6.09 Å². The van der Waals surface area contributed by atoms with Crippen LogP contribution < -0.4 is 16.0 Å². The number of hydrogen-bond acceptors (Lipinski definition) is 9. The molecule has 1 saturated heterocycles. The maximum atomic E-state index is 13.1. The maximum absolute atomic E-state index is 13.1. The van der Waals surface area contributed by atoms with E-state index in [-0.39, 0.29) is 36.6 Å². The summed E-state index contributed by atoms with van der Waals surface area (Å²) < 4.78 is 34.4. The lowest BCUT2D eigenvalue weighted by molar-refractivity contribution is -0.159. The summed E-state index contributed by atoms with van der Waals surface area (Å²) in [6.45, 7) is 5.84. The Morgan fingerprint density at radius 2 is 2.05 bits per heavy atom. The van der Waals surface area contributed by atoms with Gasteiger partial charge in [-0.05, 0) is 72.8 Å². The molecule has 0 spiro atoms. The first-order valence-corrected chi connectivity index (χ1v) is 15.5. The summed E-state index contributed by atoms with van der Waals surface area (Å²) in [5.41, 5.74) is 8.75. The Bertz CT molecular complexity index is 1600. The van der Waals surface area contributed by atoms with Gasteiger partial charge in [-0.3, -0.25) is 5.10 Å². The third-order valence-electron chi connectivity index (χ3n) is 8.22. The van der Waals surface area contributed by atoms with E-state index in [0.717, 1.165) is 33.3 Å². The first-order chi connectivity index (χ1) is 21.2. The van der Waals surface area contributed by atoms with Gasteiger partial charge in [0.2, 0.25) is 0 Å². The van der Waals surface area contributed by atoms with E-state index >= 15 is 0 Å². The van der Waals surface area contributed by atoms with Crippen LogP contribution in [0.25, 0.3) is 11.0 Å². The number of aromatic amines is 1. The number of nitrogen functional groups attached to an aromatic ring is 1. The summed E-state index contributed by atoms with van der Waals surface area (Å²) in [7, 11) is 0. The fourth-order valence-corrected chi connectivity index (χ4v) is 6.73. The maximum Gasteiger partial charge on any atom is 0.407 e. The van der Waals surface area contributed by atoms with Crippen molar-refractivity contribution in [1.29, 1.82) is 0 Å². The zero-order valence-electron chi connectivity index (χ0n) is 24.6. The number of carbonyl (C=O) groups excluding carboxylic acids is 1. The van der Waals surface area contributed by atoms with Crippen LogP contribution in [-0.2, 0) is 20.6 Å². The summed E-state index contributed by atoms with van der Waals surface area (Å²) in [5, 5.41) is 10.7. The highest BCUT2D eigenvalue weighted by molar-refractivity contribution is 9.10. The summed E-state index contributed by atoms with van der Waals surface area (Å²) in [6, 6.07) is 8.16. The second kappa shape index (κ2) is 12.7. The van der Waals surface area contributed by atoms with Crippen LogP contribution in [0, 0.1) is 11.7 Å². The quantitative estimate of drug-likeness (QED) is 0.195. The third kappa shape index (κ3) is 6.52. The molecule has 44 heavy (non-hydrogen) atoms. The van der Waals surface area contributed by atoms with E-state index in [4.69, 9.17) is 19.9 Å². The number of hydrogen-bond donors (Lipinski definition) is 3. The van der Waals surface area contributed by atoms with Gasteiger partial charge < -0.3 is 34.7 Å². The van der Waals surface area contributed by atoms with Gasteiger partial charge in [0.25, 0.3) is 0 Å². The zero-order chi connectivity index (χ0) is 30.8. The molecule has 1 saturated carbocycles. The van der Waals surface area contributed by atoms with E-state index < -0.39 is 11.9 Å². The lowest BCUT2D eigenvalue weighted by Gasteiger charge is -2.30. The van der Waals surface area contributed by atoms with Crippen LogP contribution in [0.15, 0.2) is 53.7 Å². The molecule has 12 nitrogen and oxygen atoms in total. The minimum atomic E-state index is -0.720. The first kappa shape index (κ1) is 30.3. The van der Waals surface area contributed by atoms with E-state index in [1.165, 1.54) is 18.5 Å². The lowest BCUT2D eigenvalue weighted by Crippen LogP contribution is -2.37. The molecule has 3 aromatic heterocycles. The van der Waals surface area contributed by atoms with Crippen LogP contribution in [0.5, 0.6) is 0 Å². The van der Waals surface area contributed by atoms with E-state index in [1.807, 2.05) is 26.1 Å². The Morgan fingerprint density at radius 1 is 1.25 bits per heavy atom. The molecule has 1 amide bonds. The lowest BCUT2D eigenvalue weighted by atomic mass is 10.0. The van der Waals surface area contributed by atoms with Crippen molar-refractivity contribution in [2.45, 2.75) is 57.1 Å². The standard InChI is InChI=1S/C30H36BrFN8O4/c1-30(2)43-24-19(14-22(25(24)44-30)40-12-9-21-27(33)35-17-36-28(21)40)16-39(23-15-37-38-26(23)31)11-3-13-42-29(41)34-10-8-18-4-6-20(32)7-5-18/h4-7,9,12,15,17,19,22,24-25H,3,8,10-11,13-14,16H2,1-2H3,(H,34,41)(H,37,38)(H2,33,35,36)/t19-,22-,24-,25+/m1/s1. The van der Waals surface area contributed by atoms with Gasteiger partial charge in [0.05, 0.1) is 36.0 Å². The number of rotatable bonds is 11. The molecule has 4 aromatic rings. The van der Waals surface area contributed by atoms with Crippen LogP contribution in [0.2, 0.25) is 0 Å². The minimum Gasteiger partial charge on any atom is -0.449 e. The second-order valence-electron chi connectivity index (χ2n) is 11.7. The molecule has 2 fully saturated rings. The zero-order valence-corrected chi connectivity index (χ0v) is 26.2. The summed E-state index contributed by atoms with van der Waals surface area (Å²) in [5.74, 6) is -0.430. The van der Waals surface area contributed by atoms with Gasteiger partial charge in [-0.1, -0.05) is 12.1 Å². The molecule has 234 valence electrons. The number of alkyl carbamates (subject to hydrolysis) is 1. The fourth-order valence-electron chi connectivity index (χ4n) is 6.28. The molecule has 1 aliphatic heterocycles. The van der Waals surface area contributed by atoms with Crippen molar-refractivity contribution >= 4 is 44.6 Å². The van der Waals surface area contributed by atoms with Crippen LogP contribution in [0.3, 0.4) is 0 Å². The minimum absolute atomic E-state index is 0.00449. The van der Waals surface area contributed by atoms with Gasteiger partial charge in [0, 0.05) is 31.7 Å². The number of nitrogens with zero attached hydrogens (tertiary/aromatic N) is 5. The largest absolute Gasteiger partial charge is 0.449 e. The third-order valence-corrected chi connectivity index (χ3v) is 8.80. The number of ether oxygens (including phenoxy) is 3. The second-order valence-corrected chi connectivity index (χ2v) is 12.4. The molecule has 2 aliphatic rings. The Morgan fingerprint density at radius 3 is 2.82 bits per heavy atom. The molecule has 6 rings (SSSR count). The normalized spacial score (nSPS) is 22.3. The van der Waals surface area contributed by atoms with Gasteiger partial charge in [-0.2, -0.15) is 5.10 Å². The number of carbonyl (C=O) groups is 1. The number of benzene rings is 1. The van der Waals surface area contributed by atoms with Gasteiger partial charge in [0.15, 0.2) is 5.79 Å². The average molecular weight is 672 g/mol. The van der Waals surface area contributed by atoms with E-state index in [9.17, 15) is 9.18 Å². The monoisotopic (exact) mass is 670 g/mol. The van der Waals surface area contributed by atoms with Crippen LogP contribution in [0.1, 0.15) is 38.3 Å². The van der Waals surface area contributed by atoms with Crippen molar-refractivity contribution in [3.8, 4) is 0 Å². The summed E-state index contributed by atoms with van der Waals surface area (Å²) >= 11 is 3.59. The average Bonchev–Trinajstić information content (AvgIpc) is 3.75. The molecule has 4 N–H and O–H groups in total. The van der Waals surface area contributed by atoms with E-state index in [2.05, 4.69) is 50.9 Å². The number of H-pyrrole nitrogens is 1. The molecular weight excluding hydrogens is 635 g/mol. The number of amides is 1. The first-order valence-electron chi connectivity index (χ1n) is 14.7. The highest BCUT2D eigenvalue weighted by atomic mass is 79.9. The number of anilines is 2.